The lowest BCUT2D eigenvalue weighted by molar-refractivity contribution is 0.0600. The van der Waals surface area contributed by atoms with Crippen molar-refractivity contribution in [3.63, 3.8) is 0 Å². The summed E-state index contributed by atoms with van der Waals surface area (Å²) in [6.45, 7) is 0.965. The number of pyridine rings is 1. The third-order valence-electron chi connectivity index (χ3n) is 3.33. The van der Waals surface area contributed by atoms with Crippen molar-refractivity contribution in [2.45, 2.75) is 6.42 Å². The fraction of sp³-hybridized carbons (Fsp3) is 0.200. The monoisotopic (exact) mass is 254 g/mol. The van der Waals surface area contributed by atoms with Gasteiger partial charge in [-0.1, -0.05) is 12.1 Å². The lowest BCUT2D eigenvalue weighted by atomic mass is 10.0. The van der Waals surface area contributed by atoms with Crippen LogP contribution in [-0.2, 0) is 11.2 Å². The van der Waals surface area contributed by atoms with Crippen molar-refractivity contribution in [2.24, 2.45) is 0 Å². The number of nitrogens with one attached hydrogen (secondary N) is 1. The Hall–Kier alpha value is -2.36. The Morgan fingerprint density at radius 1 is 1.32 bits per heavy atom. The smallest absolute Gasteiger partial charge is 0.339 e. The second kappa shape index (κ2) is 4.72. The van der Waals surface area contributed by atoms with E-state index in [1.54, 1.807) is 12.3 Å². The SMILES string of the molecule is COC(=O)c1ccc(-c2cccc3c2CCN3)nc1. The highest BCUT2D eigenvalue weighted by Gasteiger charge is 2.15. The molecule has 0 aliphatic carbocycles. The van der Waals surface area contributed by atoms with E-state index in [1.807, 2.05) is 12.1 Å². The van der Waals surface area contributed by atoms with Gasteiger partial charge < -0.3 is 10.1 Å². The zero-order valence-corrected chi connectivity index (χ0v) is 10.6. The first-order valence-corrected chi connectivity index (χ1v) is 6.20. The van der Waals surface area contributed by atoms with Crippen LogP contribution in [0.3, 0.4) is 0 Å². The number of hydrogen-bond donors (Lipinski definition) is 1. The minimum atomic E-state index is -0.362. The van der Waals surface area contributed by atoms with E-state index < -0.39 is 0 Å². The summed E-state index contributed by atoms with van der Waals surface area (Å²) < 4.78 is 4.67. The lowest BCUT2D eigenvalue weighted by Gasteiger charge is -2.07. The normalized spacial score (nSPS) is 12.7. The maximum atomic E-state index is 11.4. The molecule has 4 nitrogen and oxygen atoms in total. The van der Waals surface area contributed by atoms with E-state index in [-0.39, 0.29) is 5.97 Å². The predicted molar refractivity (Wildman–Crippen MR) is 73.2 cm³/mol. The first kappa shape index (κ1) is 11.7. The van der Waals surface area contributed by atoms with Crippen LogP contribution < -0.4 is 5.32 Å². The second-order valence-corrected chi connectivity index (χ2v) is 4.43. The number of carbonyl (C=O) groups is 1. The van der Waals surface area contributed by atoms with Gasteiger partial charge in [0.2, 0.25) is 0 Å². The van der Waals surface area contributed by atoms with Crippen molar-refractivity contribution in [1.82, 2.24) is 4.98 Å². The number of fused-ring (bicyclic) bond motifs is 1. The predicted octanol–water partition coefficient (Wildman–Crippen LogP) is 2.50. The van der Waals surface area contributed by atoms with Crippen molar-refractivity contribution in [3.8, 4) is 11.3 Å². The number of rotatable bonds is 2. The molecule has 19 heavy (non-hydrogen) atoms. The molecule has 1 aromatic carbocycles. The number of anilines is 1. The van der Waals surface area contributed by atoms with Gasteiger partial charge in [-0.15, -0.1) is 0 Å². The van der Waals surface area contributed by atoms with Crippen LogP contribution in [0.25, 0.3) is 11.3 Å². The minimum Gasteiger partial charge on any atom is -0.465 e. The van der Waals surface area contributed by atoms with E-state index in [1.165, 1.54) is 18.4 Å². The average molecular weight is 254 g/mol. The largest absolute Gasteiger partial charge is 0.465 e. The summed E-state index contributed by atoms with van der Waals surface area (Å²) in [7, 11) is 1.37. The quantitative estimate of drug-likeness (QED) is 0.837. The number of benzene rings is 1. The van der Waals surface area contributed by atoms with Crippen molar-refractivity contribution < 1.29 is 9.53 Å². The topological polar surface area (TPSA) is 51.2 Å². The van der Waals surface area contributed by atoms with Gasteiger partial charge in [-0.2, -0.15) is 0 Å². The van der Waals surface area contributed by atoms with Gasteiger partial charge in [0.15, 0.2) is 0 Å². The first-order chi connectivity index (χ1) is 9.29. The van der Waals surface area contributed by atoms with Gasteiger partial charge in [-0.25, -0.2) is 4.79 Å². The van der Waals surface area contributed by atoms with Crippen molar-refractivity contribution >= 4 is 11.7 Å². The highest BCUT2D eigenvalue weighted by molar-refractivity contribution is 5.89. The molecule has 1 aliphatic rings. The molecule has 0 unspecified atom stereocenters. The Bertz CT molecular complexity index is 621. The molecule has 4 heteroatoms. The Morgan fingerprint density at radius 2 is 2.21 bits per heavy atom. The molecule has 1 aliphatic heterocycles. The zero-order chi connectivity index (χ0) is 13.2. The molecule has 2 heterocycles. The van der Waals surface area contributed by atoms with E-state index in [2.05, 4.69) is 27.2 Å². The summed E-state index contributed by atoms with van der Waals surface area (Å²) >= 11 is 0. The van der Waals surface area contributed by atoms with Crippen molar-refractivity contribution in [3.05, 3.63) is 47.7 Å². The molecular formula is C15H14N2O2. The second-order valence-electron chi connectivity index (χ2n) is 4.43. The number of carbonyl (C=O) groups excluding carboxylic acids is 1. The molecule has 0 fully saturated rings. The Balaban J connectivity index is 1.99. The van der Waals surface area contributed by atoms with Crippen LogP contribution in [-0.4, -0.2) is 24.6 Å². The summed E-state index contributed by atoms with van der Waals surface area (Å²) in [5, 5.41) is 3.35. The van der Waals surface area contributed by atoms with E-state index in [0.717, 1.165) is 24.2 Å². The molecule has 2 aromatic rings. The minimum absolute atomic E-state index is 0.362. The summed E-state index contributed by atoms with van der Waals surface area (Å²) in [6, 6.07) is 9.76. The molecule has 1 aromatic heterocycles. The van der Waals surface area contributed by atoms with Gasteiger partial charge >= 0.3 is 5.97 Å². The Morgan fingerprint density at radius 3 is 2.95 bits per heavy atom. The first-order valence-electron chi connectivity index (χ1n) is 6.20. The molecule has 0 spiro atoms. The van der Waals surface area contributed by atoms with Crippen LogP contribution in [0.1, 0.15) is 15.9 Å². The number of ether oxygens (including phenoxy) is 1. The van der Waals surface area contributed by atoms with Gasteiger partial charge in [0.1, 0.15) is 0 Å². The molecule has 0 saturated carbocycles. The molecule has 0 radical (unpaired) electrons. The van der Waals surface area contributed by atoms with Gasteiger partial charge in [0.05, 0.1) is 18.4 Å². The van der Waals surface area contributed by atoms with Crippen molar-refractivity contribution in [1.29, 1.82) is 0 Å². The van der Waals surface area contributed by atoms with E-state index in [0.29, 0.717) is 5.56 Å². The zero-order valence-electron chi connectivity index (χ0n) is 10.6. The summed E-state index contributed by atoms with van der Waals surface area (Å²) in [6.07, 6.45) is 2.56. The molecule has 0 amide bonds. The van der Waals surface area contributed by atoms with Gasteiger partial charge in [-0.3, -0.25) is 4.98 Å². The molecule has 1 N–H and O–H groups in total. The molecular weight excluding hydrogens is 240 g/mol. The molecule has 3 rings (SSSR count). The highest BCUT2D eigenvalue weighted by atomic mass is 16.5. The van der Waals surface area contributed by atoms with Crippen molar-refractivity contribution in [2.75, 3.05) is 19.0 Å². The summed E-state index contributed by atoms with van der Waals surface area (Å²) in [5.74, 6) is -0.362. The maximum absolute atomic E-state index is 11.4. The van der Waals surface area contributed by atoms with E-state index in [9.17, 15) is 4.79 Å². The number of hydrogen-bond acceptors (Lipinski definition) is 4. The van der Waals surface area contributed by atoms with Gasteiger partial charge in [-0.05, 0) is 30.2 Å². The molecule has 0 bridgehead atoms. The number of esters is 1. The number of aromatic nitrogens is 1. The standard InChI is InChI=1S/C15H14N2O2/c1-19-15(18)10-5-6-14(17-9-10)11-3-2-4-13-12(11)7-8-16-13/h2-6,9,16H,7-8H2,1H3. The van der Waals surface area contributed by atoms with E-state index >= 15 is 0 Å². The third-order valence-corrected chi connectivity index (χ3v) is 3.33. The summed E-state index contributed by atoms with van der Waals surface area (Å²) in [4.78, 5) is 15.7. The van der Waals surface area contributed by atoms with Crippen LogP contribution >= 0.6 is 0 Å². The van der Waals surface area contributed by atoms with E-state index in [4.69, 9.17) is 0 Å². The van der Waals surface area contributed by atoms with Gasteiger partial charge in [0, 0.05) is 24.0 Å². The van der Waals surface area contributed by atoms with Crippen LogP contribution in [0.15, 0.2) is 36.5 Å². The molecule has 96 valence electrons. The summed E-state index contributed by atoms with van der Waals surface area (Å²) in [5.41, 5.74) is 4.95. The maximum Gasteiger partial charge on any atom is 0.339 e. The molecule has 0 atom stereocenters. The van der Waals surface area contributed by atoms with Gasteiger partial charge in [0.25, 0.3) is 0 Å². The van der Waals surface area contributed by atoms with Crippen LogP contribution in [0.4, 0.5) is 5.69 Å². The Kier molecular flexibility index (Phi) is 2.91. The highest BCUT2D eigenvalue weighted by Crippen LogP contribution is 2.31. The number of nitrogens with zero attached hydrogens (tertiary/aromatic N) is 1. The number of methoxy groups -OCH3 is 1. The van der Waals surface area contributed by atoms with Crippen LogP contribution in [0, 0.1) is 0 Å². The fourth-order valence-corrected chi connectivity index (χ4v) is 2.38. The fourth-order valence-electron chi connectivity index (χ4n) is 2.38. The average Bonchev–Trinajstić information content (AvgIpc) is 2.95. The lowest BCUT2D eigenvalue weighted by Crippen LogP contribution is -2.01. The Labute approximate surface area is 111 Å². The van der Waals surface area contributed by atoms with Crippen LogP contribution in [0.5, 0.6) is 0 Å². The van der Waals surface area contributed by atoms with Crippen LogP contribution in [0.2, 0.25) is 0 Å². The third kappa shape index (κ3) is 2.05. The molecule has 0 saturated heterocycles.